The van der Waals surface area contributed by atoms with Crippen LogP contribution in [0.5, 0.6) is 0 Å². The second kappa shape index (κ2) is 54.3. The molecule has 3 radical (unpaired) electrons. The van der Waals surface area contributed by atoms with E-state index in [2.05, 4.69) is 51.5 Å². The van der Waals surface area contributed by atoms with E-state index in [4.69, 9.17) is 39.7 Å². The first-order valence-corrected chi connectivity index (χ1v) is 48.0. The minimum absolute atomic E-state index is 0. The number of aliphatic hydroxyl groups is 4. The van der Waals surface area contributed by atoms with Gasteiger partial charge in [0.2, 0.25) is 0 Å². The molecule has 5 aromatic carbocycles. The number of ether oxygens (including phenoxy) is 3. The maximum atomic E-state index is 12.1. The van der Waals surface area contributed by atoms with Gasteiger partial charge in [0.25, 0.3) is 0 Å². The molecule has 0 saturated heterocycles. The zero-order valence-corrected chi connectivity index (χ0v) is 86.4. The maximum Gasteiger partial charge on any atom is 1.00 e. The van der Waals surface area contributed by atoms with Gasteiger partial charge in [0, 0.05) is 110 Å². The number of pyridine rings is 5. The molecule has 20 rings (SSSR count). The van der Waals surface area contributed by atoms with Crippen molar-refractivity contribution in [1.29, 1.82) is 0 Å². The molecule has 0 aliphatic heterocycles. The molecule has 0 spiro atoms. The molecular formula is C108H116BN20Na2O16. The molecule has 15 aromatic rings. The van der Waals surface area contributed by atoms with E-state index in [0.717, 1.165) is 201 Å². The summed E-state index contributed by atoms with van der Waals surface area (Å²) in [7, 11) is 4.07. The molecule has 5 aliphatic rings. The number of benzene rings is 5. The van der Waals surface area contributed by atoms with Crippen molar-refractivity contribution in [2.24, 2.45) is 0 Å². The van der Waals surface area contributed by atoms with Gasteiger partial charge in [0.15, 0.2) is 0 Å². The third-order valence-corrected chi connectivity index (χ3v) is 26.0. The molecule has 10 aromatic heterocycles. The van der Waals surface area contributed by atoms with Gasteiger partial charge in [-0.2, -0.15) is 25.5 Å². The third-order valence-electron chi connectivity index (χ3n) is 26.0. The summed E-state index contributed by atoms with van der Waals surface area (Å²) < 4.78 is 24.4. The van der Waals surface area contributed by atoms with Crippen LogP contribution in [0.3, 0.4) is 0 Å². The average Bonchev–Trinajstić information content (AvgIpc) is 1.67. The van der Waals surface area contributed by atoms with Crippen molar-refractivity contribution in [3.05, 3.63) is 302 Å². The largest absolute Gasteiger partial charge is 1.00 e. The molecule has 39 heteroatoms. The summed E-state index contributed by atoms with van der Waals surface area (Å²) in [6.45, 7) is 0. The van der Waals surface area contributed by atoms with Crippen molar-refractivity contribution < 1.29 is 140 Å². The fourth-order valence-corrected chi connectivity index (χ4v) is 18.4. The first-order chi connectivity index (χ1) is 69.7. The number of aliphatic hydroxyl groups excluding tert-OH is 4. The Labute approximate surface area is 897 Å². The number of nitrogens with zero attached hydrogens (tertiary/aromatic N) is 15. The summed E-state index contributed by atoms with van der Waals surface area (Å²) in [5.74, 6) is 0.730. The van der Waals surface area contributed by atoms with Gasteiger partial charge in [-0.25, -0.2) is 47.4 Å². The van der Waals surface area contributed by atoms with Gasteiger partial charge in [0.1, 0.15) is 34.9 Å². The third kappa shape index (κ3) is 29.0. The van der Waals surface area contributed by atoms with Crippen LogP contribution in [0.2, 0.25) is 0 Å². The number of carbonyl (C=O) groups excluding carboxylic acids is 4. The smallest absolute Gasteiger partial charge is 1.00 e. The van der Waals surface area contributed by atoms with E-state index in [1.165, 1.54) is 58.2 Å². The monoisotopic (exact) mass is 2010 g/mol. The van der Waals surface area contributed by atoms with Gasteiger partial charge < -0.3 is 78.3 Å². The van der Waals surface area contributed by atoms with E-state index in [1.54, 1.807) is 55.4 Å². The van der Waals surface area contributed by atoms with Crippen LogP contribution in [0.1, 0.15) is 212 Å². The minimum Gasteiger partial charge on any atom is -1.00 e. The molecule has 36 nitrogen and oxygen atoms in total. The van der Waals surface area contributed by atoms with Crippen LogP contribution in [-0.2, 0) is 19.0 Å². The van der Waals surface area contributed by atoms with Gasteiger partial charge in [-0.3, -0.25) is 29.7 Å². The van der Waals surface area contributed by atoms with Crippen molar-refractivity contribution in [2.45, 2.75) is 183 Å². The maximum absolute atomic E-state index is 12.1. The van der Waals surface area contributed by atoms with Gasteiger partial charge in [0.05, 0.1) is 192 Å². The van der Waals surface area contributed by atoms with Crippen molar-refractivity contribution in [1.82, 2.24) is 73.8 Å². The van der Waals surface area contributed by atoms with Crippen molar-refractivity contribution in [2.75, 3.05) is 47.9 Å². The predicted molar refractivity (Wildman–Crippen MR) is 549 cm³/mol. The first kappa shape index (κ1) is 112. The molecule has 5 fully saturated rings. The quantitative estimate of drug-likeness (QED) is 0.0144. The number of nitrogens with one attached hydrogen (secondary N) is 5. The van der Waals surface area contributed by atoms with E-state index >= 15 is 0 Å². The van der Waals surface area contributed by atoms with Crippen LogP contribution in [0.4, 0.5) is 57.5 Å². The number of hydrogen-bond donors (Lipinski definition) is 11. The number of esters is 3. The summed E-state index contributed by atoms with van der Waals surface area (Å²) in [4.78, 5) is 91.7. The Kier molecular flexibility index (Phi) is 41.2. The topological polar surface area (TPSA) is 495 Å². The van der Waals surface area contributed by atoms with Gasteiger partial charge in [-0.1, -0.05) is 152 Å². The summed E-state index contributed by atoms with van der Waals surface area (Å²) >= 11 is 0. The fourth-order valence-electron chi connectivity index (χ4n) is 18.4. The Balaban J connectivity index is 0.000000174. The summed E-state index contributed by atoms with van der Waals surface area (Å²) in [6, 6.07) is 67.9. The Morgan fingerprint density at radius 3 is 0.667 bits per heavy atom. The van der Waals surface area contributed by atoms with E-state index in [0.29, 0.717) is 63.8 Å². The first-order valence-electron chi connectivity index (χ1n) is 48.0. The van der Waals surface area contributed by atoms with E-state index < -0.39 is 29.8 Å². The number of rotatable bonds is 25. The van der Waals surface area contributed by atoms with Crippen LogP contribution < -0.4 is 85.7 Å². The Bertz CT molecular complexity index is 6490. The minimum atomic E-state index is -1.01. The van der Waals surface area contributed by atoms with Crippen molar-refractivity contribution in [3.63, 3.8) is 0 Å². The van der Waals surface area contributed by atoms with Crippen LogP contribution in [0, 0.1) is 0 Å². The Morgan fingerprint density at radius 1 is 0.293 bits per heavy atom. The number of carboxylic acid groups (broad SMARTS) is 2. The van der Waals surface area contributed by atoms with E-state index in [9.17, 15) is 59.4 Å². The molecule has 12 N–H and O–H groups in total. The number of ketones is 1. The molecule has 0 bridgehead atoms. The number of carbonyl (C=O) groups is 6. The van der Waals surface area contributed by atoms with E-state index in [-0.39, 0.29) is 140 Å². The number of anilines is 10. The molecule has 5 saturated carbocycles. The zero-order valence-electron chi connectivity index (χ0n) is 83.4. The van der Waals surface area contributed by atoms with Crippen LogP contribution in [-0.4, -0.2) is 200 Å². The number of hydrogen-bond acceptors (Lipinski definition) is 29. The average molecular weight is 2010 g/mol. The van der Waals surface area contributed by atoms with Gasteiger partial charge >= 0.3 is 89.0 Å². The van der Waals surface area contributed by atoms with Crippen LogP contribution >= 0.6 is 0 Å². The molecule has 147 heavy (non-hydrogen) atoms. The normalized spacial score (nSPS) is 17.7. The summed E-state index contributed by atoms with van der Waals surface area (Å²) in [5, 5.41) is 98.9. The Morgan fingerprint density at radius 2 is 0.476 bits per heavy atom. The Hall–Kier alpha value is -14.2. The molecule has 10 heterocycles. The molecule has 0 unspecified atom stereocenters. The van der Waals surface area contributed by atoms with E-state index in [1.807, 2.05) is 205 Å². The SMILES string of the molecule is COC(=O)c1ccncc1Nc1cc(-c2ccccc2)nn1C1CCC(=O)CC1.COC(=O)c1ccncc1Nc1cc(-c2ccccc2)nn1C1CCC(O)CC1.COC(=O)c1ccncc1Nc1cc(-c2ccccc2)nn1C1CCC(O)CC1.O=C(O)c1ccncc1Nc1cc(-c2ccccc2)nn1C1CCC(O)CC1.O=C(O)c1ccncc1Nc1cc(-c2ccccc2)nn1C1CCC(O)CC1.[B].[H-].[Na+].[Na+].[OH-]. The second-order valence-electron chi connectivity index (χ2n) is 35.6. The number of methoxy groups -OCH3 is 3. The number of aromatic nitrogens is 15. The number of carboxylic acids is 2. The predicted octanol–water partition coefficient (Wildman–Crippen LogP) is 13.4. The zero-order chi connectivity index (χ0) is 99.7. The van der Waals surface area contributed by atoms with Crippen molar-refractivity contribution >= 4 is 102 Å². The second-order valence-corrected chi connectivity index (χ2v) is 35.6. The van der Waals surface area contributed by atoms with Crippen molar-refractivity contribution in [3.8, 4) is 56.3 Å². The molecule has 749 valence electrons. The summed E-state index contributed by atoms with van der Waals surface area (Å²) in [6.07, 6.45) is 29.7. The number of aromatic carboxylic acids is 2. The van der Waals surface area contributed by atoms with Crippen LogP contribution in [0.15, 0.2) is 274 Å². The van der Waals surface area contributed by atoms with Gasteiger partial charge in [-0.15, -0.1) is 0 Å². The number of Topliss-reactive ketones (excluding diaryl/α,β-unsaturated/α-hetero) is 1. The molecule has 0 amide bonds. The van der Waals surface area contributed by atoms with Crippen LogP contribution in [0.25, 0.3) is 56.3 Å². The molecular weight excluding hydrogens is 1890 g/mol. The summed E-state index contributed by atoms with van der Waals surface area (Å²) in [5.41, 5.74) is 13.2. The standard InChI is InChI=1S/2C22H24N4O3.C22H22N4O3.2C21H22N4O3.B.2Na.H2O.H/c3*1-29-22(28)18-11-12-23-14-20(18)24-21-13-19(15-5-3-2-4-6-15)25-26(21)16-7-9-17(27)10-8-16;2*26-16-8-6-15(7-9-16)25-20(12-18(24-25)14-4-2-1-3-5-14)23-19-13-22-11-10-17(19)21(27)28;;;;;/h2*2-6,11-14,16-17,24,27H,7-10H2,1H3;2-6,11-14,16,24H,7-10H2,1H3;2*1-5,10-13,15-16,23,26H,6-9H2,(H,27,28);;;;1H2;/q;;;;;;2*+1;;-1/p-1. The van der Waals surface area contributed by atoms with Gasteiger partial charge in [-0.05, 0) is 146 Å². The molecule has 0 atom stereocenters. The molecule has 5 aliphatic carbocycles. The fraction of sp³-hybridized carbons (Fsp3) is 0.296.